The predicted molar refractivity (Wildman–Crippen MR) is 88.3 cm³/mol. The molecule has 1 heterocycles. The summed E-state index contributed by atoms with van der Waals surface area (Å²) in [7, 11) is 3.18. The molecule has 1 unspecified atom stereocenters. The van der Waals surface area contributed by atoms with Crippen LogP contribution in [0.15, 0.2) is 28.1 Å². The quantitative estimate of drug-likeness (QED) is 0.703. The Morgan fingerprint density at radius 3 is 2.42 bits per heavy atom. The first-order valence-electron chi connectivity index (χ1n) is 5.40. The molecule has 1 atom stereocenters. The summed E-state index contributed by atoms with van der Waals surface area (Å²) in [6.45, 7) is 0. The lowest BCUT2D eigenvalue weighted by Crippen LogP contribution is -2.02. The van der Waals surface area contributed by atoms with Crippen molar-refractivity contribution in [3.05, 3.63) is 42.1 Å². The molecule has 102 valence electrons. The first-order valence-corrected chi connectivity index (χ1v) is 8.15. The van der Waals surface area contributed by atoms with Gasteiger partial charge in [0.15, 0.2) is 0 Å². The third-order valence-corrected chi connectivity index (χ3v) is 5.13. The summed E-state index contributed by atoms with van der Waals surface area (Å²) in [5.74, 6) is 1.29. The minimum atomic E-state index is -0.725. The predicted octanol–water partition coefficient (Wildman–Crippen LogP) is 4.21. The summed E-state index contributed by atoms with van der Waals surface area (Å²) in [5, 5.41) is 12.4. The number of benzene rings is 1. The van der Waals surface area contributed by atoms with E-state index < -0.39 is 6.10 Å². The number of ether oxygens (including phenoxy) is 2. The third-order valence-electron chi connectivity index (χ3n) is 2.70. The Morgan fingerprint density at radius 2 is 1.89 bits per heavy atom. The van der Waals surface area contributed by atoms with Crippen LogP contribution in [0.2, 0.25) is 0 Å². The van der Waals surface area contributed by atoms with Gasteiger partial charge in [-0.3, -0.25) is 0 Å². The molecule has 3 nitrogen and oxygen atoms in total. The van der Waals surface area contributed by atoms with E-state index in [1.807, 2.05) is 11.4 Å². The van der Waals surface area contributed by atoms with Crippen molar-refractivity contribution < 1.29 is 14.6 Å². The highest BCUT2D eigenvalue weighted by molar-refractivity contribution is 14.1. The van der Waals surface area contributed by atoms with Crippen LogP contribution in [-0.4, -0.2) is 19.3 Å². The zero-order valence-corrected chi connectivity index (χ0v) is 14.9. The minimum Gasteiger partial charge on any atom is -0.496 e. The topological polar surface area (TPSA) is 38.7 Å². The number of rotatable bonds is 4. The summed E-state index contributed by atoms with van der Waals surface area (Å²) >= 11 is 7.24. The summed E-state index contributed by atoms with van der Waals surface area (Å²) in [6.07, 6.45) is -0.725. The van der Waals surface area contributed by atoms with Crippen LogP contribution < -0.4 is 9.47 Å². The maximum Gasteiger partial charge on any atom is 0.133 e. The van der Waals surface area contributed by atoms with Gasteiger partial charge in [-0.05, 0) is 67.7 Å². The number of halogens is 2. The fourth-order valence-electron chi connectivity index (χ4n) is 1.74. The Balaban J connectivity index is 2.48. The van der Waals surface area contributed by atoms with Crippen molar-refractivity contribution in [2.45, 2.75) is 6.10 Å². The Bertz CT molecular complexity index is 585. The molecule has 0 fully saturated rings. The fourth-order valence-corrected chi connectivity index (χ4v) is 3.62. The van der Waals surface area contributed by atoms with E-state index in [0.717, 1.165) is 12.9 Å². The second-order valence-corrected chi connectivity index (χ2v) is 7.48. The van der Waals surface area contributed by atoms with Crippen molar-refractivity contribution in [1.29, 1.82) is 0 Å². The van der Waals surface area contributed by atoms with Gasteiger partial charge in [-0.25, -0.2) is 0 Å². The highest BCUT2D eigenvalue weighted by Crippen LogP contribution is 2.38. The van der Waals surface area contributed by atoms with E-state index in [4.69, 9.17) is 9.47 Å². The van der Waals surface area contributed by atoms with Gasteiger partial charge < -0.3 is 14.6 Å². The van der Waals surface area contributed by atoms with Crippen molar-refractivity contribution in [2.75, 3.05) is 14.2 Å². The molecule has 0 amide bonds. The van der Waals surface area contributed by atoms with E-state index in [9.17, 15) is 5.11 Å². The molecule has 0 spiro atoms. The molecule has 1 aromatic heterocycles. The standard InChI is InChI=1S/C13H12BrIO3S/c1-17-10-5-9(14)11(18-2)4-8(10)13(16)7-3-12(15)19-6-7/h3-6,13,16H,1-2H3. The normalized spacial score (nSPS) is 12.3. The average Bonchev–Trinajstić information content (AvgIpc) is 2.84. The highest BCUT2D eigenvalue weighted by atomic mass is 127. The van der Waals surface area contributed by atoms with E-state index >= 15 is 0 Å². The van der Waals surface area contributed by atoms with Crippen LogP contribution in [0.5, 0.6) is 11.5 Å². The Hall–Kier alpha value is -0.310. The first kappa shape index (κ1) is 15.1. The maximum atomic E-state index is 10.5. The number of hydrogen-bond donors (Lipinski definition) is 1. The fraction of sp³-hybridized carbons (Fsp3) is 0.231. The lowest BCUT2D eigenvalue weighted by atomic mass is 10.0. The molecule has 6 heteroatoms. The third kappa shape index (κ3) is 3.24. The number of aliphatic hydroxyl groups is 1. The van der Waals surface area contributed by atoms with Crippen molar-refractivity contribution in [1.82, 2.24) is 0 Å². The van der Waals surface area contributed by atoms with Crippen molar-refractivity contribution in [2.24, 2.45) is 0 Å². The largest absolute Gasteiger partial charge is 0.496 e. The number of methoxy groups -OCH3 is 2. The van der Waals surface area contributed by atoms with Gasteiger partial charge in [0.05, 0.1) is 21.6 Å². The molecular weight excluding hydrogens is 443 g/mol. The van der Waals surface area contributed by atoms with Gasteiger partial charge >= 0.3 is 0 Å². The Labute approximate surface area is 137 Å². The average molecular weight is 455 g/mol. The van der Waals surface area contributed by atoms with Crippen LogP contribution in [0.3, 0.4) is 0 Å². The van der Waals surface area contributed by atoms with E-state index in [-0.39, 0.29) is 0 Å². The van der Waals surface area contributed by atoms with Gasteiger partial charge in [0.1, 0.15) is 17.6 Å². The van der Waals surface area contributed by atoms with Gasteiger partial charge in [-0.2, -0.15) is 0 Å². The lowest BCUT2D eigenvalue weighted by molar-refractivity contribution is 0.214. The Kier molecular flexibility index (Phi) is 5.10. The highest BCUT2D eigenvalue weighted by Gasteiger charge is 2.19. The van der Waals surface area contributed by atoms with Crippen LogP contribution in [-0.2, 0) is 0 Å². The van der Waals surface area contributed by atoms with Gasteiger partial charge in [0, 0.05) is 5.56 Å². The minimum absolute atomic E-state index is 0.626. The molecule has 1 aromatic carbocycles. The molecule has 19 heavy (non-hydrogen) atoms. The molecule has 0 radical (unpaired) electrons. The monoisotopic (exact) mass is 454 g/mol. The molecule has 0 aliphatic rings. The van der Waals surface area contributed by atoms with Gasteiger partial charge in [-0.15, -0.1) is 11.3 Å². The summed E-state index contributed by atoms with van der Waals surface area (Å²) in [6, 6.07) is 5.55. The van der Waals surface area contributed by atoms with Crippen LogP contribution in [0, 0.1) is 2.88 Å². The van der Waals surface area contributed by atoms with E-state index in [0.29, 0.717) is 17.1 Å². The molecule has 0 saturated heterocycles. The van der Waals surface area contributed by atoms with Gasteiger partial charge in [0.2, 0.25) is 0 Å². The molecule has 1 N–H and O–H groups in total. The molecule has 2 aromatic rings. The molecule has 0 saturated carbocycles. The molecule has 0 aliphatic heterocycles. The summed E-state index contributed by atoms with van der Waals surface area (Å²) in [5.41, 5.74) is 1.55. The number of aliphatic hydroxyl groups excluding tert-OH is 1. The molecule has 0 bridgehead atoms. The second-order valence-electron chi connectivity index (χ2n) is 3.82. The van der Waals surface area contributed by atoms with Crippen molar-refractivity contribution in [3.8, 4) is 11.5 Å². The van der Waals surface area contributed by atoms with Gasteiger partial charge in [0.25, 0.3) is 0 Å². The summed E-state index contributed by atoms with van der Waals surface area (Å²) < 4.78 is 12.5. The SMILES string of the molecule is COc1cc(C(O)c2csc(I)c2)c(OC)cc1Br. The van der Waals surface area contributed by atoms with Crippen molar-refractivity contribution in [3.63, 3.8) is 0 Å². The maximum absolute atomic E-state index is 10.5. The molecule has 0 aliphatic carbocycles. The van der Waals surface area contributed by atoms with E-state index in [1.54, 1.807) is 37.7 Å². The zero-order chi connectivity index (χ0) is 14.0. The van der Waals surface area contributed by atoms with Crippen LogP contribution in [0.1, 0.15) is 17.2 Å². The van der Waals surface area contributed by atoms with E-state index in [2.05, 4.69) is 38.5 Å². The first-order chi connectivity index (χ1) is 9.06. The van der Waals surface area contributed by atoms with E-state index in [1.165, 1.54) is 0 Å². The van der Waals surface area contributed by atoms with Crippen LogP contribution in [0.25, 0.3) is 0 Å². The van der Waals surface area contributed by atoms with Crippen LogP contribution >= 0.6 is 49.9 Å². The number of thiophene rings is 1. The van der Waals surface area contributed by atoms with Crippen molar-refractivity contribution >= 4 is 49.9 Å². The van der Waals surface area contributed by atoms with Crippen LogP contribution in [0.4, 0.5) is 0 Å². The smallest absolute Gasteiger partial charge is 0.133 e. The molecular formula is C13H12BrIO3S. The summed E-state index contributed by atoms with van der Waals surface area (Å²) in [4.78, 5) is 0. The second kappa shape index (κ2) is 6.43. The van der Waals surface area contributed by atoms with Gasteiger partial charge in [-0.1, -0.05) is 0 Å². The Morgan fingerprint density at radius 1 is 1.21 bits per heavy atom. The zero-order valence-electron chi connectivity index (χ0n) is 10.3. The molecule has 2 rings (SSSR count). The number of hydrogen-bond acceptors (Lipinski definition) is 4. The lowest BCUT2D eigenvalue weighted by Gasteiger charge is -2.16.